The number of carbonyl (C=O) groups is 1. The minimum atomic E-state index is -4.68. The van der Waals surface area contributed by atoms with Crippen LogP contribution in [0.3, 0.4) is 0 Å². The van der Waals surface area contributed by atoms with Crippen molar-refractivity contribution < 1.29 is 28.8 Å². The van der Waals surface area contributed by atoms with E-state index < -0.39 is 26.6 Å². The molecule has 4 N–H and O–H groups in total. The first kappa shape index (κ1) is 44.5. The number of aliphatic hydroxyl groups is 1. The number of nitrogens with one attached hydrogen (secondary N) is 1. The number of phosphoric ester groups is 1. The Kier molecular flexibility index (Phi) is 33.1. The largest absolute Gasteiger partial charge is 0.469 e. The van der Waals surface area contributed by atoms with Crippen molar-refractivity contribution in [2.24, 2.45) is 0 Å². The van der Waals surface area contributed by atoms with Crippen molar-refractivity contribution in [1.29, 1.82) is 0 Å². The van der Waals surface area contributed by atoms with Gasteiger partial charge in [0.05, 0.1) is 18.8 Å². The lowest BCUT2D eigenvalue weighted by Gasteiger charge is -2.24. The lowest BCUT2D eigenvalue weighted by Crippen LogP contribution is -2.46. The molecule has 0 aliphatic heterocycles. The third kappa shape index (κ3) is 34.7. The molecule has 8 heteroatoms. The maximum absolute atomic E-state index is 12.5. The molecule has 0 unspecified atom stereocenters. The Balaban J connectivity index is 3.81. The van der Waals surface area contributed by atoms with Gasteiger partial charge in [-0.05, 0) is 12.8 Å². The van der Waals surface area contributed by atoms with E-state index in [4.69, 9.17) is 9.79 Å². The molecule has 1 amide bonds. The number of rotatable bonds is 36. The molecule has 0 aromatic rings. The zero-order valence-corrected chi connectivity index (χ0v) is 30.7. The Morgan fingerprint density at radius 3 is 1.20 bits per heavy atom. The highest BCUT2D eigenvalue weighted by Gasteiger charge is 2.25. The molecule has 45 heavy (non-hydrogen) atoms. The number of aliphatic hydroxyl groups excluding tert-OH is 1. The number of phosphoric acid groups is 1. The summed E-state index contributed by atoms with van der Waals surface area (Å²) in [4.78, 5) is 30.7. The zero-order chi connectivity index (χ0) is 33.3. The summed E-state index contributed by atoms with van der Waals surface area (Å²) in [6, 6.07) is -0.815. The molecule has 0 saturated heterocycles. The van der Waals surface area contributed by atoms with E-state index in [0.29, 0.717) is 12.8 Å². The molecule has 0 aliphatic carbocycles. The van der Waals surface area contributed by atoms with Crippen LogP contribution in [0.25, 0.3) is 0 Å². The van der Waals surface area contributed by atoms with Gasteiger partial charge in [-0.3, -0.25) is 9.32 Å². The monoisotopic (exact) mass is 662 g/mol. The molecule has 0 rings (SSSR count). The van der Waals surface area contributed by atoms with Crippen molar-refractivity contribution in [3.05, 3.63) is 0 Å². The van der Waals surface area contributed by atoms with Crippen molar-refractivity contribution in [3.8, 4) is 0 Å². The Morgan fingerprint density at radius 2 is 0.867 bits per heavy atom. The van der Waals surface area contributed by atoms with Gasteiger partial charge in [0.25, 0.3) is 0 Å². The number of hydrogen-bond acceptors (Lipinski definition) is 4. The van der Waals surface area contributed by atoms with E-state index in [9.17, 15) is 14.5 Å². The second kappa shape index (κ2) is 33.4. The van der Waals surface area contributed by atoms with Crippen LogP contribution in [0.2, 0.25) is 0 Å². The first-order valence-electron chi connectivity index (χ1n) is 19.5. The molecule has 0 aromatic heterocycles. The van der Waals surface area contributed by atoms with E-state index in [1.54, 1.807) is 0 Å². The van der Waals surface area contributed by atoms with Crippen molar-refractivity contribution in [1.82, 2.24) is 5.32 Å². The summed E-state index contributed by atoms with van der Waals surface area (Å²) in [7, 11) is -4.68. The van der Waals surface area contributed by atoms with Crippen molar-refractivity contribution in [2.45, 2.75) is 225 Å². The quantitative estimate of drug-likeness (QED) is 0.0392. The molecular formula is C37H76NO6P. The summed E-state index contributed by atoms with van der Waals surface area (Å²) in [5.74, 6) is -0.192. The molecule has 0 heterocycles. The smallest absolute Gasteiger partial charge is 0.391 e. The van der Waals surface area contributed by atoms with Gasteiger partial charge >= 0.3 is 7.82 Å². The fraction of sp³-hybridized carbons (Fsp3) is 0.973. The van der Waals surface area contributed by atoms with E-state index in [2.05, 4.69) is 23.7 Å². The minimum absolute atomic E-state index is 0.192. The summed E-state index contributed by atoms with van der Waals surface area (Å²) < 4.78 is 15.9. The van der Waals surface area contributed by atoms with Crippen LogP contribution in [-0.2, 0) is 13.9 Å². The Bertz CT molecular complexity index is 673. The fourth-order valence-electron chi connectivity index (χ4n) is 6.11. The highest BCUT2D eigenvalue weighted by Crippen LogP contribution is 2.36. The standard InChI is InChI=1S/C37H76NO6P/c1-3-5-7-9-11-13-14-15-16-17-18-19-20-21-22-23-25-27-29-31-33-37(40)38-35(34-44-45(41,42)43)36(39)32-30-28-26-24-12-10-8-6-4-2/h35-36,39H,3-34H2,1-2H3,(H,38,40)(H2,41,42,43)/t35-,36+/m0/s1. The van der Waals surface area contributed by atoms with Gasteiger partial charge in [0.1, 0.15) is 0 Å². The van der Waals surface area contributed by atoms with Crippen LogP contribution in [0.4, 0.5) is 0 Å². The van der Waals surface area contributed by atoms with E-state index in [1.807, 2.05) is 0 Å². The molecular weight excluding hydrogens is 585 g/mol. The summed E-state index contributed by atoms with van der Waals surface area (Å²) in [5.41, 5.74) is 0. The van der Waals surface area contributed by atoms with Crippen molar-refractivity contribution >= 4 is 13.7 Å². The normalized spacial score (nSPS) is 13.3. The van der Waals surface area contributed by atoms with E-state index in [-0.39, 0.29) is 5.91 Å². The molecule has 270 valence electrons. The molecule has 0 aromatic carbocycles. The van der Waals surface area contributed by atoms with Gasteiger partial charge in [0.15, 0.2) is 0 Å². The lowest BCUT2D eigenvalue weighted by molar-refractivity contribution is -0.123. The Labute approximate surface area is 279 Å². The van der Waals surface area contributed by atoms with Gasteiger partial charge in [0, 0.05) is 6.42 Å². The molecule has 0 spiro atoms. The van der Waals surface area contributed by atoms with Gasteiger partial charge in [-0.15, -0.1) is 0 Å². The maximum Gasteiger partial charge on any atom is 0.469 e. The van der Waals surface area contributed by atoms with Crippen LogP contribution in [-0.4, -0.2) is 39.6 Å². The van der Waals surface area contributed by atoms with Crippen LogP contribution < -0.4 is 5.32 Å². The molecule has 7 nitrogen and oxygen atoms in total. The number of unbranched alkanes of at least 4 members (excludes halogenated alkanes) is 27. The summed E-state index contributed by atoms with van der Waals surface area (Å²) in [5, 5.41) is 13.4. The third-order valence-corrected chi connectivity index (χ3v) is 9.58. The van der Waals surface area contributed by atoms with Crippen molar-refractivity contribution in [3.63, 3.8) is 0 Å². The van der Waals surface area contributed by atoms with Gasteiger partial charge in [-0.25, -0.2) is 4.57 Å². The van der Waals surface area contributed by atoms with Gasteiger partial charge in [0.2, 0.25) is 5.91 Å². The minimum Gasteiger partial charge on any atom is -0.391 e. The second-order valence-corrected chi connectivity index (χ2v) is 14.9. The second-order valence-electron chi connectivity index (χ2n) is 13.6. The zero-order valence-electron chi connectivity index (χ0n) is 29.8. The van der Waals surface area contributed by atoms with E-state index >= 15 is 0 Å². The lowest BCUT2D eigenvalue weighted by atomic mass is 10.0. The molecule has 0 radical (unpaired) electrons. The predicted octanol–water partition coefficient (Wildman–Crippen LogP) is 11.1. The van der Waals surface area contributed by atoms with Crippen LogP contribution in [0.15, 0.2) is 0 Å². The van der Waals surface area contributed by atoms with Crippen molar-refractivity contribution in [2.75, 3.05) is 6.61 Å². The summed E-state index contributed by atoms with van der Waals surface area (Å²) >= 11 is 0. The van der Waals surface area contributed by atoms with E-state index in [1.165, 1.54) is 148 Å². The summed E-state index contributed by atoms with van der Waals surface area (Å²) in [6.07, 6.45) is 36.7. The fourth-order valence-corrected chi connectivity index (χ4v) is 6.47. The topological polar surface area (TPSA) is 116 Å². The number of hydrogen-bond donors (Lipinski definition) is 4. The maximum atomic E-state index is 12.5. The molecule has 0 bridgehead atoms. The van der Waals surface area contributed by atoms with Crippen LogP contribution in [0.5, 0.6) is 0 Å². The van der Waals surface area contributed by atoms with Gasteiger partial charge < -0.3 is 20.2 Å². The number of carbonyl (C=O) groups excluding carboxylic acids is 1. The first-order valence-corrected chi connectivity index (χ1v) is 21.0. The van der Waals surface area contributed by atoms with Crippen LogP contribution in [0.1, 0.15) is 213 Å². The van der Waals surface area contributed by atoms with Gasteiger partial charge in [-0.2, -0.15) is 0 Å². The molecule has 0 fully saturated rings. The van der Waals surface area contributed by atoms with Crippen LogP contribution >= 0.6 is 7.82 Å². The van der Waals surface area contributed by atoms with Gasteiger partial charge in [-0.1, -0.05) is 194 Å². The molecule has 0 saturated carbocycles. The Hall–Kier alpha value is -0.460. The third-order valence-electron chi connectivity index (χ3n) is 9.09. The average Bonchev–Trinajstić information content (AvgIpc) is 3.00. The highest BCUT2D eigenvalue weighted by atomic mass is 31.2. The highest BCUT2D eigenvalue weighted by molar-refractivity contribution is 7.46. The average molecular weight is 662 g/mol. The van der Waals surface area contributed by atoms with E-state index in [0.717, 1.165) is 38.5 Å². The molecule has 0 aliphatic rings. The Morgan fingerprint density at radius 1 is 0.556 bits per heavy atom. The SMILES string of the molecule is CCCCCCCCCCCCCCCCCCCCCCC(=O)N[C@@H](COP(=O)(O)O)[C@H](O)CCCCCCCCCCC. The summed E-state index contributed by atoms with van der Waals surface area (Å²) in [6.45, 7) is 4.10. The predicted molar refractivity (Wildman–Crippen MR) is 190 cm³/mol. The van der Waals surface area contributed by atoms with Crippen LogP contribution in [0, 0.1) is 0 Å². The number of amides is 1. The molecule has 2 atom stereocenters. The first-order chi connectivity index (χ1) is 21.8.